The summed E-state index contributed by atoms with van der Waals surface area (Å²) >= 11 is 0. The lowest BCUT2D eigenvalue weighted by Crippen LogP contribution is -2.49. The number of nitrogens with one attached hydrogen (secondary N) is 1. The zero-order chi connectivity index (χ0) is 34.2. The smallest absolute Gasteiger partial charge is 0.335 e. The van der Waals surface area contributed by atoms with Gasteiger partial charge in [-0.05, 0) is 93.3 Å². The number of carbonyl (C=O) groups is 2. The first-order valence-electron chi connectivity index (χ1n) is 15.8. The number of nitriles is 1. The number of piperidine rings is 1. The largest absolute Gasteiger partial charge is 0.490 e. The summed E-state index contributed by atoms with van der Waals surface area (Å²) in [4.78, 5) is 31.3. The minimum Gasteiger partial charge on any atom is -0.490 e. The first-order chi connectivity index (χ1) is 23.1. The van der Waals surface area contributed by atoms with E-state index < -0.39 is 11.8 Å². The van der Waals surface area contributed by atoms with Gasteiger partial charge in [-0.15, -0.1) is 0 Å². The highest BCUT2D eigenvalue weighted by Gasteiger charge is 2.24. The number of carbonyl (C=O) groups excluding carboxylic acids is 1. The monoisotopic (exact) mass is 654 g/mol. The maximum absolute atomic E-state index is 14.2. The summed E-state index contributed by atoms with van der Waals surface area (Å²) in [6.07, 6.45) is 4.96. The summed E-state index contributed by atoms with van der Waals surface area (Å²) in [5.41, 5.74) is 6.46. The highest BCUT2D eigenvalue weighted by Crippen LogP contribution is 2.24. The van der Waals surface area contributed by atoms with Gasteiger partial charge in [0, 0.05) is 19.1 Å². The number of carboxylic acid groups (broad SMARTS) is 1. The zero-order valence-corrected chi connectivity index (χ0v) is 27.2. The van der Waals surface area contributed by atoms with Gasteiger partial charge in [0.2, 0.25) is 0 Å². The molecule has 0 aliphatic carbocycles. The van der Waals surface area contributed by atoms with E-state index in [-0.39, 0.29) is 48.1 Å². The van der Waals surface area contributed by atoms with Crippen LogP contribution in [0.2, 0.25) is 0 Å². The third-order valence-electron chi connectivity index (χ3n) is 8.19. The molecule has 1 amide bonds. The molecule has 0 spiro atoms. The normalized spacial score (nSPS) is 13.6. The van der Waals surface area contributed by atoms with Gasteiger partial charge in [-0.1, -0.05) is 12.1 Å². The number of carboxylic acids is 1. The number of halogens is 1. The maximum Gasteiger partial charge on any atom is 0.335 e. The van der Waals surface area contributed by atoms with Crippen molar-refractivity contribution in [3.8, 4) is 17.6 Å². The second kappa shape index (κ2) is 15.5. The van der Waals surface area contributed by atoms with Crippen LogP contribution in [-0.4, -0.2) is 57.2 Å². The van der Waals surface area contributed by atoms with Crippen molar-refractivity contribution < 1.29 is 28.6 Å². The van der Waals surface area contributed by atoms with Gasteiger partial charge in [-0.3, -0.25) is 20.1 Å². The Morgan fingerprint density at radius 3 is 2.62 bits per heavy atom. The van der Waals surface area contributed by atoms with E-state index in [9.17, 15) is 19.1 Å². The highest BCUT2D eigenvalue weighted by atomic mass is 19.1. The first-order valence-corrected chi connectivity index (χ1v) is 15.8. The predicted molar refractivity (Wildman–Crippen MR) is 177 cm³/mol. The number of rotatable bonds is 13. The molecule has 11 nitrogen and oxygen atoms in total. The Kier molecular flexibility index (Phi) is 10.9. The van der Waals surface area contributed by atoms with Crippen LogP contribution in [0, 0.1) is 24.1 Å². The lowest BCUT2D eigenvalue weighted by atomic mass is 10.1. The highest BCUT2D eigenvalue weighted by molar-refractivity contribution is 5.90. The van der Waals surface area contributed by atoms with E-state index in [1.165, 1.54) is 12.1 Å². The van der Waals surface area contributed by atoms with Gasteiger partial charge in [0.15, 0.2) is 11.6 Å². The number of hydrazine groups is 1. The number of aryl methyl sites for hydroxylation is 1. The number of imidazole rings is 1. The number of aromatic carboxylic acids is 1. The van der Waals surface area contributed by atoms with Crippen LogP contribution in [0.3, 0.4) is 0 Å². The molecule has 48 heavy (non-hydrogen) atoms. The predicted octanol–water partition coefficient (Wildman–Crippen LogP) is 5.64. The molecule has 1 saturated heterocycles. The molecule has 2 heterocycles. The number of hydrogen-bond acceptors (Lipinski definition) is 8. The quantitative estimate of drug-likeness (QED) is 0.176. The molecule has 1 aromatic heterocycles. The van der Waals surface area contributed by atoms with E-state index in [1.807, 2.05) is 34.9 Å². The first kappa shape index (κ1) is 33.9. The second-order valence-corrected chi connectivity index (χ2v) is 12.1. The van der Waals surface area contributed by atoms with Gasteiger partial charge in [-0.25, -0.2) is 14.2 Å². The molecule has 5 rings (SSSR count). The van der Waals surface area contributed by atoms with Crippen LogP contribution in [0.5, 0.6) is 11.5 Å². The van der Waals surface area contributed by atoms with E-state index in [0.29, 0.717) is 36.6 Å². The van der Waals surface area contributed by atoms with Gasteiger partial charge in [0.1, 0.15) is 18.5 Å². The summed E-state index contributed by atoms with van der Waals surface area (Å²) in [7, 11) is 0. The molecule has 1 aliphatic heterocycles. The Labute approximate surface area is 279 Å². The van der Waals surface area contributed by atoms with E-state index in [1.54, 1.807) is 42.7 Å². The van der Waals surface area contributed by atoms with Crippen molar-refractivity contribution in [2.24, 2.45) is 0 Å². The van der Waals surface area contributed by atoms with Gasteiger partial charge in [0.25, 0.3) is 5.91 Å². The van der Waals surface area contributed by atoms with Crippen LogP contribution in [0.25, 0.3) is 0 Å². The number of hydrogen-bond donors (Lipinski definition) is 2. The third kappa shape index (κ3) is 8.68. The minimum atomic E-state index is -1.00. The molecule has 0 saturated carbocycles. The van der Waals surface area contributed by atoms with Crippen LogP contribution >= 0.6 is 0 Å². The Balaban J connectivity index is 1.15. The Morgan fingerprint density at radius 2 is 1.94 bits per heavy atom. The number of ether oxygens (including phenoxy) is 2. The number of nitrogens with zero attached hydrogens (tertiary/aromatic N) is 5. The Hall–Kier alpha value is -5.41. The Bertz CT molecular complexity index is 1790. The Morgan fingerprint density at radius 1 is 1.15 bits per heavy atom. The van der Waals surface area contributed by atoms with Gasteiger partial charge in [0.05, 0.1) is 54.2 Å². The SMILES string of the molecule is Cc1cc(N(Cc2cncn2C(C)C)NC(=O)CN2CCC(Oc3cccc(COc4ccc(C#N)cc4F)c3)CC2)ccc1C(=O)O. The molecule has 250 valence electrons. The number of benzene rings is 3. The molecular weight excluding hydrogens is 615 g/mol. The zero-order valence-electron chi connectivity index (χ0n) is 27.2. The topological polar surface area (TPSA) is 133 Å². The molecule has 0 atom stereocenters. The standard InChI is InChI=1S/C36H39FN6O5/c1-24(2)42-23-39-19-29(42)20-43(28-8-9-32(36(45)46)25(3)15-28)40-35(44)21-41-13-11-30(12-14-41)48-31-6-4-5-27(16-31)22-47-34-10-7-26(18-38)17-33(34)37/h4-10,15-17,19,23-24,30H,11-14,20-22H2,1-3H3,(H,40,44)(H,45,46). The van der Waals surface area contributed by atoms with Crippen molar-refractivity contribution in [1.82, 2.24) is 19.9 Å². The summed E-state index contributed by atoms with van der Waals surface area (Å²) in [6, 6.07) is 18.7. The summed E-state index contributed by atoms with van der Waals surface area (Å²) in [5.74, 6) is -1.01. The fourth-order valence-corrected chi connectivity index (χ4v) is 5.66. The lowest BCUT2D eigenvalue weighted by molar-refractivity contribution is -0.123. The van der Waals surface area contributed by atoms with Gasteiger partial charge in [-0.2, -0.15) is 5.26 Å². The van der Waals surface area contributed by atoms with E-state index in [0.717, 1.165) is 30.2 Å². The van der Waals surface area contributed by atoms with Crippen LogP contribution in [0.15, 0.2) is 73.2 Å². The minimum absolute atomic E-state index is 0.0278. The molecule has 0 bridgehead atoms. The van der Waals surface area contributed by atoms with Crippen molar-refractivity contribution in [3.05, 3.63) is 107 Å². The van der Waals surface area contributed by atoms with Crippen molar-refractivity contribution in [3.63, 3.8) is 0 Å². The maximum atomic E-state index is 14.2. The number of anilines is 1. The fraction of sp³-hybridized carbons (Fsp3) is 0.333. The van der Waals surface area contributed by atoms with Crippen LogP contribution < -0.4 is 19.9 Å². The molecule has 1 aliphatic rings. The number of amides is 1. The molecule has 2 N–H and O–H groups in total. The van der Waals surface area contributed by atoms with Crippen molar-refractivity contribution in [2.45, 2.75) is 58.9 Å². The number of likely N-dealkylation sites (tertiary alicyclic amines) is 1. The number of aromatic nitrogens is 2. The summed E-state index contributed by atoms with van der Waals surface area (Å²) in [5, 5.41) is 20.2. The summed E-state index contributed by atoms with van der Waals surface area (Å²) < 4.78 is 28.1. The van der Waals surface area contributed by atoms with E-state index >= 15 is 0 Å². The molecular formula is C36H39FN6O5. The second-order valence-electron chi connectivity index (χ2n) is 12.1. The van der Waals surface area contributed by atoms with E-state index in [4.69, 9.17) is 14.7 Å². The van der Waals surface area contributed by atoms with Gasteiger partial charge >= 0.3 is 5.97 Å². The van der Waals surface area contributed by atoms with Crippen molar-refractivity contribution in [1.29, 1.82) is 5.26 Å². The molecule has 4 aromatic rings. The molecule has 0 unspecified atom stereocenters. The average molecular weight is 655 g/mol. The van der Waals surface area contributed by atoms with Crippen molar-refractivity contribution >= 4 is 17.6 Å². The summed E-state index contributed by atoms with van der Waals surface area (Å²) in [6.45, 7) is 7.88. The lowest BCUT2D eigenvalue weighted by Gasteiger charge is -2.33. The van der Waals surface area contributed by atoms with Crippen LogP contribution in [-0.2, 0) is 17.9 Å². The van der Waals surface area contributed by atoms with Crippen LogP contribution in [0.1, 0.15) is 65.5 Å². The van der Waals surface area contributed by atoms with E-state index in [2.05, 4.69) is 29.2 Å². The molecule has 0 radical (unpaired) electrons. The van der Waals surface area contributed by atoms with Crippen molar-refractivity contribution in [2.75, 3.05) is 24.6 Å². The molecule has 1 fully saturated rings. The molecule has 3 aromatic carbocycles. The fourth-order valence-electron chi connectivity index (χ4n) is 5.66. The molecule has 12 heteroatoms. The van der Waals surface area contributed by atoms with Gasteiger partial charge < -0.3 is 19.1 Å². The third-order valence-corrected chi connectivity index (χ3v) is 8.19. The average Bonchev–Trinajstić information content (AvgIpc) is 3.53. The van der Waals surface area contributed by atoms with Crippen LogP contribution in [0.4, 0.5) is 10.1 Å².